The van der Waals surface area contributed by atoms with Crippen LogP contribution in [0.4, 0.5) is 18.9 Å². The van der Waals surface area contributed by atoms with E-state index in [4.69, 9.17) is 0 Å². The molecule has 0 saturated carbocycles. The number of imidazole rings is 1. The van der Waals surface area contributed by atoms with Crippen molar-refractivity contribution >= 4 is 35.6 Å². The number of aliphatic imine (C=N–C) groups is 1. The van der Waals surface area contributed by atoms with E-state index < -0.39 is 24.0 Å². The summed E-state index contributed by atoms with van der Waals surface area (Å²) < 4.78 is 42.3. The third-order valence-corrected chi connectivity index (χ3v) is 5.43. The summed E-state index contributed by atoms with van der Waals surface area (Å²) in [6.45, 7) is 5.29. The van der Waals surface area contributed by atoms with Gasteiger partial charge in [0.25, 0.3) is 0 Å². The lowest BCUT2D eigenvalue weighted by Gasteiger charge is -2.38. The van der Waals surface area contributed by atoms with Crippen LogP contribution >= 0.6 is 24.0 Å². The van der Waals surface area contributed by atoms with E-state index >= 15 is 0 Å². The van der Waals surface area contributed by atoms with Gasteiger partial charge in [0.15, 0.2) is 5.96 Å². The molecular weight excluding hydrogens is 536 g/mol. The first-order valence-corrected chi connectivity index (χ1v) is 10.4. The molecule has 1 atom stereocenters. The smallest absolute Gasteiger partial charge is 0.374 e. The third-order valence-electron chi connectivity index (χ3n) is 5.43. The number of nitrogens with zero attached hydrogens (tertiary/aromatic N) is 5. The molecule has 178 valence electrons. The fraction of sp³-hybridized carbons (Fsp3) is 0.524. The summed E-state index contributed by atoms with van der Waals surface area (Å²) in [4.78, 5) is 12.4. The van der Waals surface area contributed by atoms with Crippen molar-refractivity contribution in [3.8, 4) is 0 Å². The zero-order valence-electron chi connectivity index (χ0n) is 18.2. The average molecular weight is 566 g/mol. The summed E-state index contributed by atoms with van der Waals surface area (Å²) in [5.74, 6) is 0.122. The summed E-state index contributed by atoms with van der Waals surface area (Å²) in [6.07, 6.45) is -2.85. The Morgan fingerprint density at radius 2 is 1.81 bits per heavy atom. The highest BCUT2D eigenvalue weighted by molar-refractivity contribution is 14.0. The molecular formula is C21H30F3IN6O. The Balaban J connectivity index is 0.00000363. The Labute approximate surface area is 203 Å². The van der Waals surface area contributed by atoms with Crippen molar-refractivity contribution in [1.29, 1.82) is 0 Å². The molecule has 11 heteroatoms. The third kappa shape index (κ3) is 5.85. The number of aliphatic hydroxyl groups is 1. The molecule has 2 heterocycles. The number of rotatable bonds is 6. The number of piperazine rings is 1. The molecule has 0 amide bonds. The van der Waals surface area contributed by atoms with Crippen molar-refractivity contribution in [1.82, 2.24) is 19.8 Å². The van der Waals surface area contributed by atoms with Crippen LogP contribution in [0.1, 0.15) is 19.2 Å². The van der Waals surface area contributed by atoms with Crippen LogP contribution in [0.3, 0.4) is 0 Å². The van der Waals surface area contributed by atoms with Gasteiger partial charge in [-0.25, -0.2) is 4.98 Å². The molecule has 2 N–H and O–H groups in total. The number of aryl methyl sites for hydroxylation is 1. The van der Waals surface area contributed by atoms with Gasteiger partial charge in [-0.05, 0) is 19.1 Å². The number of aromatic nitrogens is 2. The minimum absolute atomic E-state index is 0. The Kier molecular flexibility index (Phi) is 9.19. The van der Waals surface area contributed by atoms with Crippen molar-refractivity contribution in [2.24, 2.45) is 12.0 Å². The van der Waals surface area contributed by atoms with Crippen molar-refractivity contribution in [2.45, 2.75) is 25.1 Å². The van der Waals surface area contributed by atoms with E-state index in [0.717, 1.165) is 18.8 Å². The van der Waals surface area contributed by atoms with Crippen molar-refractivity contribution in [2.75, 3.05) is 44.2 Å². The molecule has 1 fully saturated rings. The molecule has 1 aliphatic rings. The zero-order valence-corrected chi connectivity index (χ0v) is 20.5. The maximum Gasteiger partial charge on any atom is 0.424 e. The quantitative estimate of drug-likeness (QED) is 0.320. The number of guanidine groups is 1. The summed E-state index contributed by atoms with van der Waals surface area (Å²) >= 11 is 0. The second-order valence-corrected chi connectivity index (χ2v) is 7.52. The van der Waals surface area contributed by atoms with Gasteiger partial charge >= 0.3 is 6.18 Å². The van der Waals surface area contributed by atoms with Crippen LogP contribution in [0, 0.1) is 0 Å². The lowest BCUT2D eigenvalue weighted by atomic mass is 9.98. The number of para-hydroxylation sites is 1. The van der Waals surface area contributed by atoms with E-state index in [2.05, 4.69) is 32.3 Å². The van der Waals surface area contributed by atoms with Crippen molar-refractivity contribution < 1.29 is 18.3 Å². The highest BCUT2D eigenvalue weighted by atomic mass is 127. The largest absolute Gasteiger partial charge is 0.424 e. The number of anilines is 1. The molecule has 1 aliphatic heterocycles. The van der Waals surface area contributed by atoms with Crippen LogP contribution in [-0.2, 0) is 12.6 Å². The zero-order chi connectivity index (χ0) is 22.5. The fourth-order valence-electron chi connectivity index (χ4n) is 3.71. The van der Waals surface area contributed by atoms with Crippen LogP contribution in [0.15, 0.2) is 47.7 Å². The van der Waals surface area contributed by atoms with Gasteiger partial charge < -0.3 is 24.8 Å². The molecule has 1 saturated heterocycles. The molecule has 0 radical (unpaired) electrons. The maximum atomic E-state index is 13.7. The highest BCUT2D eigenvalue weighted by Crippen LogP contribution is 2.40. The highest BCUT2D eigenvalue weighted by Gasteiger charge is 2.57. The summed E-state index contributed by atoms with van der Waals surface area (Å²) in [6, 6.07) is 10.1. The van der Waals surface area contributed by atoms with E-state index in [0.29, 0.717) is 25.6 Å². The molecule has 1 aromatic carbocycles. The second kappa shape index (κ2) is 11.2. The lowest BCUT2D eigenvalue weighted by Crippen LogP contribution is -2.52. The van der Waals surface area contributed by atoms with E-state index in [1.807, 2.05) is 30.0 Å². The number of benzene rings is 1. The van der Waals surface area contributed by atoms with Gasteiger partial charge in [0.05, 0.1) is 0 Å². The lowest BCUT2D eigenvalue weighted by molar-refractivity contribution is -0.272. The Morgan fingerprint density at radius 1 is 1.16 bits per heavy atom. The van der Waals surface area contributed by atoms with E-state index in [1.165, 1.54) is 24.0 Å². The number of nitrogens with one attached hydrogen (secondary N) is 1. The van der Waals surface area contributed by atoms with Crippen LogP contribution in [-0.4, -0.2) is 71.0 Å². The topological polar surface area (TPSA) is 68.9 Å². The molecule has 7 nitrogen and oxygen atoms in total. The van der Waals surface area contributed by atoms with Crippen LogP contribution in [0.2, 0.25) is 0 Å². The maximum absolute atomic E-state index is 13.7. The number of hydrogen-bond acceptors (Lipinski definition) is 4. The van der Waals surface area contributed by atoms with E-state index in [-0.39, 0.29) is 30.5 Å². The molecule has 0 spiro atoms. The normalized spacial score (nSPS) is 17.0. The van der Waals surface area contributed by atoms with E-state index in [1.54, 1.807) is 0 Å². The minimum atomic E-state index is -4.86. The molecule has 2 aromatic rings. The summed E-state index contributed by atoms with van der Waals surface area (Å²) in [5.41, 5.74) is -1.91. The van der Waals surface area contributed by atoms with Gasteiger partial charge in [-0.1, -0.05) is 18.2 Å². The average Bonchev–Trinajstić information content (AvgIpc) is 3.19. The predicted octanol–water partition coefficient (Wildman–Crippen LogP) is 2.97. The van der Waals surface area contributed by atoms with Crippen molar-refractivity contribution in [3.63, 3.8) is 0 Å². The Bertz CT molecular complexity index is 868. The standard InChI is InChI=1S/C21H29F3N6O.HI/c1-3-25-19(30-15-13-29(14-16-30)17-7-5-4-6-8-17)27-10-9-20(31,21(22,23)24)18-26-11-12-28(18)2;/h4-8,11-12,31H,3,9-10,13-16H2,1-2H3,(H,25,27);1H. The minimum Gasteiger partial charge on any atom is -0.374 e. The number of halogens is 4. The van der Waals surface area contributed by atoms with Gasteiger partial charge in [0.2, 0.25) is 5.60 Å². The first-order chi connectivity index (χ1) is 14.8. The van der Waals surface area contributed by atoms with Crippen LogP contribution in [0.25, 0.3) is 0 Å². The van der Waals surface area contributed by atoms with Crippen LogP contribution < -0.4 is 10.2 Å². The molecule has 3 rings (SSSR count). The van der Waals surface area contributed by atoms with Gasteiger partial charge in [-0.2, -0.15) is 13.2 Å². The Hall–Kier alpha value is -2.02. The van der Waals surface area contributed by atoms with Gasteiger partial charge in [0, 0.05) is 70.8 Å². The summed E-state index contributed by atoms with van der Waals surface area (Å²) in [5, 5.41) is 13.6. The molecule has 1 aromatic heterocycles. The summed E-state index contributed by atoms with van der Waals surface area (Å²) in [7, 11) is 1.43. The monoisotopic (exact) mass is 566 g/mol. The Morgan fingerprint density at radius 3 is 2.34 bits per heavy atom. The molecule has 1 unspecified atom stereocenters. The van der Waals surface area contributed by atoms with Gasteiger partial charge in [-0.3, -0.25) is 4.99 Å². The fourth-order valence-corrected chi connectivity index (χ4v) is 3.71. The van der Waals surface area contributed by atoms with Crippen LogP contribution in [0.5, 0.6) is 0 Å². The second-order valence-electron chi connectivity index (χ2n) is 7.52. The number of alkyl halides is 3. The first kappa shape index (κ1) is 26.2. The van der Waals surface area contributed by atoms with Gasteiger partial charge in [0.1, 0.15) is 5.82 Å². The predicted molar refractivity (Wildman–Crippen MR) is 129 cm³/mol. The van der Waals surface area contributed by atoms with Crippen molar-refractivity contribution in [3.05, 3.63) is 48.5 Å². The number of hydrogen-bond donors (Lipinski definition) is 2. The molecule has 0 bridgehead atoms. The van der Waals surface area contributed by atoms with Gasteiger partial charge in [-0.15, -0.1) is 24.0 Å². The SMILES string of the molecule is CCNC(=NCCC(O)(c1nccn1C)C(F)(F)F)N1CCN(c2ccccc2)CC1.I. The van der Waals surface area contributed by atoms with E-state index in [9.17, 15) is 18.3 Å². The molecule has 32 heavy (non-hydrogen) atoms. The molecule has 0 aliphatic carbocycles. The first-order valence-electron chi connectivity index (χ1n) is 10.4.